The van der Waals surface area contributed by atoms with Crippen molar-refractivity contribution in [2.24, 2.45) is 0 Å². The first-order chi connectivity index (χ1) is 12.8. The summed E-state index contributed by atoms with van der Waals surface area (Å²) in [6, 6.07) is 16.7. The van der Waals surface area contributed by atoms with Gasteiger partial charge in [-0.15, -0.1) is 0 Å². The summed E-state index contributed by atoms with van der Waals surface area (Å²) in [6.45, 7) is 8.48. The molecule has 3 aromatic rings. The summed E-state index contributed by atoms with van der Waals surface area (Å²) in [6.07, 6.45) is 0. The number of aromatic nitrogens is 2. The summed E-state index contributed by atoms with van der Waals surface area (Å²) >= 11 is 0. The highest BCUT2D eigenvalue weighted by Crippen LogP contribution is 2.27. The number of nitrogens with zero attached hydrogens (tertiary/aromatic N) is 3. The maximum absolute atomic E-state index is 5.52. The number of hydrogen-bond acceptors (Lipinski definition) is 3. The molecule has 0 bridgehead atoms. The van der Waals surface area contributed by atoms with Gasteiger partial charge in [0.2, 0.25) is 0 Å². The van der Waals surface area contributed by atoms with E-state index in [1.807, 2.05) is 12.1 Å². The first kappa shape index (κ1) is 16.9. The van der Waals surface area contributed by atoms with Crippen molar-refractivity contribution in [3.05, 3.63) is 54.4 Å². The molecule has 5 heteroatoms. The highest BCUT2D eigenvalue weighted by molar-refractivity contribution is 5.75. The molecule has 1 aromatic heterocycles. The minimum atomic E-state index is 0.962. The van der Waals surface area contributed by atoms with Gasteiger partial charge in [0.1, 0.15) is 12.3 Å². The summed E-state index contributed by atoms with van der Waals surface area (Å²) in [7, 11) is 1.75. The molecular weight excluding hydrogens is 324 g/mol. The molecule has 1 N–H and O–H groups in total. The zero-order valence-electron chi connectivity index (χ0n) is 15.6. The third-order valence-corrected chi connectivity index (χ3v) is 5.35. The number of fused-ring (bicyclic) bond motifs is 1. The number of nitrogens with one attached hydrogen (secondary N) is 1. The fraction of sp³-hybridized carbons (Fsp3) is 0.381. The summed E-state index contributed by atoms with van der Waals surface area (Å²) in [4.78, 5) is 8.92. The van der Waals surface area contributed by atoms with E-state index in [-0.39, 0.29) is 0 Å². The normalized spacial score (nSPS) is 15.5. The van der Waals surface area contributed by atoms with Crippen LogP contribution in [0, 0.1) is 0 Å². The molecule has 5 nitrogen and oxygen atoms in total. The van der Waals surface area contributed by atoms with E-state index in [0.717, 1.165) is 50.5 Å². The van der Waals surface area contributed by atoms with Crippen molar-refractivity contribution in [1.82, 2.24) is 9.55 Å². The number of benzene rings is 2. The van der Waals surface area contributed by atoms with Crippen LogP contribution in [-0.4, -0.2) is 42.8 Å². The van der Waals surface area contributed by atoms with Crippen molar-refractivity contribution in [1.29, 1.82) is 0 Å². The van der Waals surface area contributed by atoms with Crippen molar-refractivity contribution < 1.29 is 9.64 Å². The Morgan fingerprint density at radius 2 is 1.77 bits per heavy atom. The lowest BCUT2D eigenvalue weighted by atomic mass is 10.2. The molecule has 2 heterocycles. The largest absolute Gasteiger partial charge is 0.495 e. The fourth-order valence-corrected chi connectivity index (χ4v) is 3.97. The first-order valence-electron chi connectivity index (χ1n) is 9.46. The lowest BCUT2D eigenvalue weighted by Gasteiger charge is -2.34. The highest BCUT2D eigenvalue weighted by atomic mass is 16.5. The highest BCUT2D eigenvalue weighted by Gasteiger charge is 2.24. The Bertz CT molecular complexity index is 881. The second kappa shape index (κ2) is 7.38. The average molecular weight is 351 g/mol. The van der Waals surface area contributed by atoms with E-state index in [1.54, 1.807) is 12.0 Å². The van der Waals surface area contributed by atoms with Crippen molar-refractivity contribution in [3.63, 3.8) is 0 Å². The van der Waals surface area contributed by atoms with E-state index in [4.69, 9.17) is 9.72 Å². The number of rotatable bonds is 5. The average Bonchev–Trinajstić information content (AvgIpc) is 3.05. The third kappa shape index (κ3) is 3.15. The lowest BCUT2D eigenvalue weighted by Crippen LogP contribution is -3.13. The Kier molecular flexibility index (Phi) is 4.80. The van der Waals surface area contributed by atoms with Gasteiger partial charge in [-0.25, -0.2) is 4.98 Å². The van der Waals surface area contributed by atoms with Gasteiger partial charge < -0.3 is 19.1 Å². The molecule has 1 fully saturated rings. The van der Waals surface area contributed by atoms with Gasteiger partial charge >= 0.3 is 0 Å². The monoisotopic (exact) mass is 351 g/mol. The van der Waals surface area contributed by atoms with Crippen molar-refractivity contribution in [2.45, 2.75) is 20.0 Å². The number of imidazole rings is 1. The van der Waals surface area contributed by atoms with Crippen molar-refractivity contribution >= 4 is 16.7 Å². The van der Waals surface area contributed by atoms with Crippen LogP contribution in [0.4, 0.5) is 5.69 Å². The Morgan fingerprint density at radius 1 is 1.04 bits per heavy atom. The number of aryl methyl sites for hydroxylation is 1. The molecular formula is C21H27N4O+. The third-order valence-electron chi connectivity index (χ3n) is 5.35. The molecule has 1 aliphatic heterocycles. The van der Waals surface area contributed by atoms with E-state index < -0.39 is 0 Å². The van der Waals surface area contributed by atoms with Gasteiger partial charge in [-0.2, -0.15) is 0 Å². The fourth-order valence-electron chi connectivity index (χ4n) is 3.97. The molecule has 1 saturated heterocycles. The van der Waals surface area contributed by atoms with Gasteiger partial charge in [-0.05, 0) is 31.2 Å². The maximum atomic E-state index is 5.52. The Labute approximate surface area is 154 Å². The molecule has 0 saturated carbocycles. The quantitative estimate of drug-likeness (QED) is 0.763. The molecule has 0 spiro atoms. The number of piperazine rings is 1. The summed E-state index contributed by atoms with van der Waals surface area (Å²) in [5.41, 5.74) is 3.56. The Morgan fingerprint density at radius 3 is 2.54 bits per heavy atom. The standard InChI is InChI=1S/C21H26N4O/c1-3-25-18-9-5-4-8-17(18)22-21(25)16-23-12-14-24(15-13-23)19-10-6-7-11-20(19)26-2/h4-11H,3,12-16H2,1-2H3/p+1. The number of ether oxygens (including phenoxy) is 1. The molecule has 1 aliphatic rings. The summed E-state index contributed by atoms with van der Waals surface area (Å²) in [5.74, 6) is 2.16. The number of para-hydroxylation sites is 4. The molecule has 136 valence electrons. The first-order valence-corrected chi connectivity index (χ1v) is 9.46. The van der Waals surface area contributed by atoms with E-state index >= 15 is 0 Å². The van der Waals surface area contributed by atoms with Crippen LogP contribution >= 0.6 is 0 Å². The lowest BCUT2D eigenvalue weighted by molar-refractivity contribution is -0.915. The van der Waals surface area contributed by atoms with Gasteiger partial charge in [-0.3, -0.25) is 0 Å². The molecule has 0 aliphatic carbocycles. The maximum Gasteiger partial charge on any atom is 0.165 e. The molecule has 2 aromatic carbocycles. The second-order valence-electron chi connectivity index (χ2n) is 6.85. The smallest absolute Gasteiger partial charge is 0.165 e. The number of anilines is 1. The Balaban J connectivity index is 1.46. The number of hydrogen-bond donors (Lipinski definition) is 1. The van der Waals surface area contributed by atoms with Gasteiger partial charge in [0.15, 0.2) is 5.82 Å². The Hall–Kier alpha value is -2.53. The van der Waals surface area contributed by atoms with Crippen LogP contribution in [0.3, 0.4) is 0 Å². The van der Waals surface area contributed by atoms with Crippen LogP contribution in [0.25, 0.3) is 11.0 Å². The molecule has 0 radical (unpaired) electrons. The number of methoxy groups -OCH3 is 1. The van der Waals surface area contributed by atoms with E-state index in [9.17, 15) is 0 Å². The second-order valence-corrected chi connectivity index (χ2v) is 6.85. The predicted molar refractivity (Wildman–Crippen MR) is 105 cm³/mol. The molecule has 0 unspecified atom stereocenters. The van der Waals surface area contributed by atoms with E-state index in [0.29, 0.717) is 0 Å². The van der Waals surface area contributed by atoms with Crippen LogP contribution in [0.2, 0.25) is 0 Å². The van der Waals surface area contributed by atoms with Crippen LogP contribution in [0.15, 0.2) is 48.5 Å². The number of quaternary nitrogens is 1. The topological polar surface area (TPSA) is 34.7 Å². The molecule has 0 amide bonds. The van der Waals surface area contributed by atoms with Crippen molar-refractivity contribution in [2.75, 3.05) is 38.2 Å². The summed E-state index contributed by atoms with van der Waals surface area (Å²) < 4.78 is 7.88. The molecule has 26 heavy (non-hydrogen) atoms. The van der Waals surface area contributed by atoms with Crippen molar-refractivity contribution in [3.8, 4) is 5.75 Å². The summed E-state index contributed by atoms with van der Waals surface area (Å²) in [5, 5.41) is 0. The molecule has 0 atom stereocenters. The predicted octanol–water partition coefficient (Wildman–Crippen LogP) is 1.97. The van der Waals surface area contributed by atoms with Crippen LogP contribution < -0.4 is 14.5 Å². The zero-order chi connectivity index (χ0) is 17.9. The van der Waals surface area contributed by atoms with Gasteiger partial charge in [-0.1, -0.05) is 24.3 Å². The van der Waals surface area contributed by atoms with Crippen LogP contribution in [0.5, 0.6) is 5.75 Å². The minimum Gasteiger partial charge on any atom is -0.495 e. The zero-order valence-corrected chi connectivity index (χ0v) is 15.6. The van der Waals surface area contributed by atoms with Gasteiger partial charge in [0, 0.05) is 6.54 Å². The van der Waals surface area contributed by atoms with Crippen LogP contribution in [-0.2, 0) is 13.1 Å². The van der Waals surface area contributed by atoms with E-state index in [1.165, 1.54) is 17.0 Å². The molecule has 4 rings (SSSR count). The minimum absolute atomic E-state index is 0.962. The van der Waals surface area contributed by atoms with E-state index in [2.05, 4.69) is 52.8 Å². The van der Waals surface area contributed by atoms with Gasteiger partial charge in [0.05, 0.1) is 50.0 Å². The van der Waals surface area contributed by atoms with Crippen LogP contribution in [0.1, 0.15) is 12.7 Å². The van der Waals surface area contributed by atoms with Gasteiger partial charge in [0.25, 0.3) is 0 Å². The SMILES string of the molecule is CCn1c(C[NH+]2CCN(c3ccccc3OC)CC2)nc2ccccc21.